The molecule has 1 heterocycles. The normalized spacial score (nSPS) is 17.7. The van der Waals surface area contributed by atoms with Crippen LogP contribution in [0.3, 0.4) is 0 Å². The molecule has 0 bridgehead atoms. The molecular weight excluding hydrogens is 260 g/mol. The Labute approximate surface area is 129 Å². The van der Waals surface area contributed by atoms with E-state index in [-0.39, 0.29) is 6.04 Å². The van der Waals surface area contributed by atoms with Gasteiger partial charge in [0.1, 0.15) is 12.4 Å². The number of rotatable bonds is 7. The summed E-state index contributed by atoms with van der Waals surface area (Å²) >= 11 is 0. The third-order valence-corrected chi connectivity index (χ3v) is 4.40. The summed E-state index contributed by atoms with van der Waals surface area (Å²) in [5, 5.41) is 0. The molecule has 1 aliphatic rings. The zero-order valence-electron chi connectivity index (χ0n) is 13.6. The lowest BCUT2D eigenvalue weighted by atomic mass is 10.0. The summed E-state index contributed by atoms with van der Waals surface area (Å²) in [6.07, 6.45) is 5.95. The summed E-state index contributed by atoms with van der Waals surface area (Å²) in [6, 6.07) is 6.59. The van der Waals surface area contributed by atoms with Gasteiger partial charge in [0.2, 0.25) is 0 Å². The molecule has 0 radical (unpaired) electrons. The van der Waals surface area contributed by atoms with Crippen LogP contribution in [0.1, 0.15) is 43.7 Å². The molecule has 0 spiro atoms. The number of piperidine rings is 1. The molecule has 0 amide bonds. The third-order valence-electron chi connectivity index (χ3n) is 4.40. The Bertz CT molecular complexity index is 427. The van der Waals surface area contributed by atoms with Crippen molar-refractivity contribution in [1.82, 2.24) is 4.90 Å². The van der Waals surface area contributed by atoms with Crippen molar-refractivity contribution in [3.8, 4) is 5.75 Å². The van der Waals surface area contributed by atoms with Crippen molar-refractivity contribution in [1.29, 1.82) is 0 Å². The van der Waals surface area contributed by atoms with Crippen LogP contribution in [0.15, 0.2) is 18.2 Å². The monoisotopic (exact) mass is 290 g/mol. The molecule has 1 aliphatic heterocycles. The van der Waals surface area contributed by atoms with Crippen LogP contribution in [0.4, 0.5) is 0 Å². The van der Waals surface area contributed by atoms with E-state index in [1.165, 1.54) is 43.5 Å². The number of aryl methyl sites for hydroxylation is 1. The van der Waals surface area contributed by atoms with E-state index in [0.717, 1.165) is 31.7 Å². The van der Waals surface area contributed by atoms with Gasteiger partial charge in [-0.2, -0.15) is 0 Å². The van der Waals surface area contributed by atoms with Crippen molar-refractivity contribution in [2.45, 2.75) is 52.0 Å². The highest BCUT2D eigenvalue weighted by atomic mass is 16.5. The molecule has 2 rings (SSSR count). The molecule has 3 heteroatoms. The molecule has 21 heavy (non-hydrogen) atoms. The molecule has 118 valence electrons. The number of nitrogens with two attached hydrogens (primary N) is 1. The molecule has 0 aromatic heterocycles. The first-order valence-corrected chi connectivity index (χ1v) is 8.40. The smallest absolute Gasteiger partial charge is 0.125 e. The molecule has 3 nitrogen and oxygen atoms in total. The Balaban J connectivity index is 1.91. The highest BCUT2D eigenvalue weighted by Crippen LogP contribution is 2.25. The van der Waals surface area contributed by atoms with Crippen LogP contribution in [0, 0.1) is 6.92 Å². The molecule has 1 atom stereocenters. The van der Waals surface area contributed by atoms with E-state index < -0.39 is 0 Å². The number of hydrogen-bond donors (Lipinski definition) is 1. The van der Waals surface area contributed by atoms with Gasteiger partial charge in [-0.3, -0.25) is 4.90 Å². The van der Waals surface area contributed by atoms with Gasteiger partial charge in [-0.1, -0.05) is 31.5 Å². The van der Waals surface area contributed by atoms with Crippen molar-refractivity contribution < 1.29 is 4.74 Å². The van der Waals surface area contributed by atoms with Gasteiger partial charge in [0, 0.05) is 12.6 Å². The number of para-hydroxylation sites is 1. The maximum absolute atomic E-state index is 6.12. The number of benzene rings is 1. The van der Waals surface area contributed by atoms with Crippen LogP contribution in [-0.2, 0) is 6.42 Å². The summed E-state index contributed by atoms with van der Waals surface area (Å²) < 4.78 is 6.12. The predicted octanol–water partition coefficient (Wildman–Crippen LogP) is 3.14. The van der Waals surface area contributed by atoms with Gasteiger partial charge in [-0.15, -0.1) is 0 Å². The van der Waals surface area contributed by atoms with Crippen LogP contribution in [0.2, 0.25) is 0 Å². The molecule has 1 aromatic carbocycles. The lowest BCUT2D eigenvalue weighted by Gasteiger charge is -2.26. The van der Waals surface area contributed by atoms with Gasteiger partial charge < -0.3 is 10.5 Å². The van der Waals surface area contributed by atoms with Crippen molar-refractivity contribution >= 4 is 0 Å². The average Bonchev–Trinajstić information content (AvgIpc) is 2.51. The minimum atomic E-state index is 0.219. The van der Waals surface area contributed by atoms with Gasteiger partial charge in [-0.25, -0.2) is 0 Å². The summed E-state index contributed by atoms with van der Waals surface area (Å²) in [5.41, 5.74) is 8.58. The maximum Gasteiger partial charge on any atom is 0.125 e. The second-order valence-electron chi connectivity index (χ2n) is 6.19. The lowest BCUT2D eigenvalue weighted by molar-refractivity contribution is 0.182. The Hall–Kier alpha value is -1.06. The molecule has 1 fully saturated rings. The minimum Gasteiger partial charge on any atom is -0.492 e. The first kappa shape index (κ1) is 16.3. The van der Waals surface area contributed by atoms with Gasteiger partial charge in [0.25, 0.3) is 0 Å². The van der Waals surface area contributed by atoms with Gasteiger partial charge in [0.15, 0.2) is 0 Å². The SMILES string of the molecule is CCC(N)Cc1cccc(C)c1OCCN1CCCCC1. The quantitative estimate of drug-likeness (QED) is 0.838. The van der Waals surface area contributed by atoms with Gasteiger partial charge in [0.05, 0.1) is 0 Å². The van der Waals surface area contributed by atoms with E-state index in [0.29, 0.717) is 0 Å². The van der Waals surface area contributed by atoms with E-state index in [9.17, 15) is 0 Å². The summed E-state index contributed by atoms with van der Waals surface area (Å²) in [6.45, 7) is 8.52. The molecule has 1 saturated heterocycles. The highest BCUT2D eigenvalue weighted by molar-refractivity contribution is 5.41. The standard InChI is InChI=1S/C18H30N2O/c1-3-17(19)14-16-9-7-8-15(2)18(16)21-13-12-20-10-5-4-6-11-20/h7-9,17H,3-6,10-14,19H2,1-2H3. The Morgan fingerprint density at radius 2 is 2.00 bits per heavy atom. The second kappa shape index (κ2) is 8.40. The van der Waals surface area contributed by atoms with Crippen LogP contribution in [0.25, 0.3) is 0 Å². The molecule has 0 aliphatic carbocycles. The first-order chi connectivity index (χ1) is 10.2. The van der Waals surface area contributed by atoms with Crippen LogP contribution in [-0.4, -0.2) is 37.2 Å². The zero-order valence-corrected chi connectivity index (χ0v) is 13.6. The Kier molecular flexibility index (Phi) is 6.52. The molecule has 1 aromatic rings. The largest absolute Gasteiger partial charge is 0.492 e. The fourth-order valence-corrected chi connectivity index (χ4v) is 2.97. The zero-order chi connectivity index (χ0) is 15.1. The van der Waals surface area contributed by atoms with Gasteiger partial charge in [-0.05, 0) is 56.8 Å². The van der Waals surface area contributed by atoms with Crippen LogP contribution in [0.5, 0.6) is 5.75 Å². The first-order valence-electron chi connectivity index (χ1n) is 8.40. The maximum atomic E-state index is 6.12. The van der Waals surface area contributed by atoms with E-state index >= 15 is 0 Å². The van der Waals surface area contributed by atoms with E-state index in [1.54, 1.807) is 0 Å². The predicted molar refractivity (Wildman–Crippen MR) is 88.9 cm³/mol. The molecule has 1 unspecified atom stereocenters. The fraction of sp³-hybridized carbons (Fsp3) is 0.667. The topological polar surface area (TPSA) is 38.5 Å². The Morgan fingerprint density at radius 1 is 1.24 bits per heavy atom. The van der Waals surface area contributed by atoms with E-state index in [4.69, 9.17) is 10.5 Å². The Morgan fingerprint density at radius 3 is 2.71 bits per heavy atom. The number of hydrogen-bond acceptors (Lipinski definition) is 3. The van der Waals surface area contributed by atoms with E-state index in [2.05, 4.69) is 36.9 Å². The highest BCUT2D eigenvalue weighted by Gasteiger charge is 2.12. The molecular formula is C18H30N2O. The molecule has 2 N–H and O–H groups in total. The number of nitrogens with zero attached hydrogens (tertiary/aromatic N) is 1. The minimum absolute atomic E-state index is 0.219. The third kappa shape index (κ3) is 5.01. The van der Waals surface area contributed by atoms with Gasteiger partial charge >= 0.3 is 0 Å². The van der Waals surface area contributed by atoms with Crippen molar-refractivity contribution in [2.24, 2.45) is 5.73 Å². The number of ether oxygens (including phenoxy) is 1. The van der Waals surface area contributed by atoms with Crippen LogP contribution >= 0.6 is 0 Å². The average molecular weight is 290 g/mol. The summed E-state index contributed by atoms with van der Waals surface area (Å²) in [5.74, 6) is 1.05. The molecule has 0 saturated carbocycles. The van der Waals surface area contributed by atoms with E-state index in [1.807, 2.05) is 0 Å². The van der Waals surface area contributed by atoms with Crippen LogP contribution < -0.4 is 10.5 Å². The number of likely N-dealkylation sites (tertiary alicyclic amines) is 1. The fourth-order valence-electron chi connectivity index (χ4n) is 2.97. The second-order valence-corrected chi connectivity index (χ2v) is 6.19. The van der Waals surface area contributed by atoms with Crippen molar-refractivity contribution in [2.75, 3.05) is 26.2 Å². The van der Waals surface area contributed by atoms with Crippen molar-refractivity contribution in [3.05, 3.63) is 29.3 Å². The lowest BCUT2D eigenvalue weighted by Crippen LogP contribution is -2.33. The van der Waals surface area contributed by atoms with Crippen molar-refractivity contribution in [3.63, 3.8) is 0 Å². The summed E-state index contributed by atoms with van der Waals surface area (Å²) in [4.78, 5) is 2.51. The summed E-state index contributed by atoms with van der Waals surface area (Å²) in [7, 11) is 0.